The number of amides is 1. The molecule has 0 saturated heterocycles. The van der Waals surface area contributed by atoms with E-state index >= 15 is 0 Å². The van der Waals surface area contributed by atoms with E-state index in [1.54, 1.807) is 55.5 Å². The molecule has 0 aliphatic rings. The first-order valence-electron chi connectivity index (χ1n) is 9.27. The molecule has 0 bridgehead atoms. The predicted octanol–water partition coefficient (Wildman–Crippen LogP) is 3.62. The molecule has 1 N–H and O–H groups in total. The molecule has 1 amide bonds. The van der Waals surface area contributed by atoms with Gasteiger partial charge in [-0.1, -0.05) is 24.8 Å². The van der Waals surface area contributed by atoms with Crippen LogP contribution < -0.4 is 10.1 Å². The summed E-state index contributed by atoms with van der Waals surface area (Å²) >= 11 is 0. The van der Waals surface area contributed by atoms with Gasteiger partial charge in [-0.25, -0.2) is 9.59 Å². The maximum Gasteiger partial charge on any atom is 0.338 e. The van der Waals surface area contributed by atoms with Crippen LogP contribution in [-0.2, 0) is 19.1 Å². The molecule has 0 spiro atoms. The number of carbonyl (C=O) groups excluding carboxylic acids is 3. The van der Waals surface area contributed by atoms with E-state index in [2.05, 4.69) is 11.9 Å². The molecule has 0 aromatic heterocycles. The van der Waals surface area contributed by atoms with Crippen LogP contribution in [0, 0.1) is 0 Å². The molecule has 0 saturated carbocycles. The van der Waals surface area contributed by atoms with Crippen LogP contribution in [0.1, 0.15) is 22.8 Å². The van der Waals surface area contributed by atoms with Crippen molar-refractivity contribution in [2.45, 2.75) is 6.92 Å². The smallest absolute Gasteiger partial charge is 0.338 e. The summed E-state index contributed by atoms with van der Waals surface area (Å²) in [4.78, 5) is 35.3. The number of benzene rings is 2. The average Bonchev–Trinajstić information content (AvgIpc) is 2.76. The van der Waals surface area contributed by atoms with Gasteiger partial charge in [0.05, 0.1) is 12.2 Å². The molecule has 7 nitrogen and oxygen atoms in total. The Balaban J connectivity index is 1.77. The Kier molecular flexibility index (Phi) is 8.86. The molecule has 2 rings (SSSR count). The molecule has 0 fully saturated rings. The van der Waals surface area contributed by atoms with E-state index in [4.69, 9.17) is 14.2 Å². The number of hydrogen-bond donors (Lipinski definition) is 1. The van der Waals surface area contributed by atoms with Gasteiger partial charge in [-0.2, -0.15) is 0 Å². The van der Waals surface area contributed by atoms with Crippen molar-refractivity contribution in [3.63, 3.8) is 0 Å². The zero-order valence-corrected chi connectivity index (χ0v) is 16.6. The average molecular weight is 409 g/mol. The summed E-state index contributed by atoms with van der Waals surface area (Å²) in [5.41, 5.74) is 1.63. The van der Waals surface area contributed by atoms with Gasteiger partial charge in [-0.15, -0.1) is 0 Å². The number of anilines is 1. The highest BCUT2D eigenvalue weighted by atomic mass is 16.5. The maximum atomic E-state index is 11.9. The van der Waals surface area contributed by atoms with E-state index in [9.17, 15) is 14.4 Å². The second-order valence-electron chi connectivity index (χ2n) is 5.96. The van der Waals surface area contributed by atoms with Crippen LogP contribution in [0.25, 0.3) is 6.08 Å². The highest BCUT2D eigenvalue weighted by Gasteiger charge is 2.08. The van der Waals surface area contributed by atoms with Gasteiger partial charge < -0.3 is 19.5 Å². The lowest BCUT2D eigenvalue weighted by Gasteiger charge is -2.06. The van der Waals surface area contributed by atoms with Crippen LogP contribution >= 0.6 is 0 Å². The lowest BCUT2D eigenvalue weighted by molar-refractivity contribution is -0.142. The van der Waals surface area contributed by atoms with Crippen molar-refractivity contribution in [2.24, 2.45) is 0 Å². The van der Waals surface area contributed by atoms with Gasteiger partial charge in [0.1, 0.15) is 12.4 Å². The number of ether oxygens (including phenoxy) is 3. The molecule has 30 heavy (non-hydrogen) atoms. The molecule has 0 heterocycles. The Morgan fingerprint density at radius 3 is 2.33 bits per heavy atom. The molecule has 0 unspecified atom stereocenters. The summed E-state index contributed by atoms with van der Waals surface area (Å²) in [5, 5.41) is 2.58. The van der Waals surface area contributed by atoms with Crippen molar-refractivity contribution in [1.82, 2.24) is 0 Å². The molecular formula is C23H23NO6. The first kappa shape index (κ1) is 22.4. The third-order valence-electron chi connectivity index (χ3n) is 3.69. The van der Waals surface area contributed by atoms with Gasteiger partial charge in [-0.05, 0) is 55.0 Å². The minimum Gasteiger partial charge on any atom is -0.490 e. The molecule has 0 aliphatic heterocycles. The first-order chi connectivity index (χ1) is 14.5. The Hall–Kier alpha value is -3.87. The van der Waals surface area contributed by atoms with Crippen molar-refractivity contribution in [2.75, 3.05) is 25.1 Å². The monoisotopic (exact) mass is 409 g/mol. The van der Waals surface area contributed by atoms with Crippen molar-refractivity contribution in [3.05, 3.63) is 78.4 Å². The zero-order valence-electron chi connectivity index (χ0n) is 16.6. The molecule has 2 aromatic rings. The largest absolute Gasteiger partial charge is 0.490 e. The van der Waals surface area contributed by atoms with E-state index in [1.165, 1.54) is 18.2 Å². The molecular weight excluding hydrogens is 386 g/mol. The van der Waals surface area contributed by atoms with E-state index in [0.29, 0.717) is 23.6 Å². The van der Waals surface area contributed by atoms with Crippen molar-refractivity contribution in [1.29, 1.82) is 0 Å². The van der Waals surface area contributed by atoms with E-state index in [0.717, 1.165) is 5.56 Å². The fourth-order valence-electron chi connectivity index (χ4n) is 2.28. The van der Waals surface area contributed by atoms with Gasteiger partial charge in [0.15, 0.2) is 6.61 Å². The molecule has 0 aliphatic carbocycles. The standard InChI is InChI=1S/C23H23NO6/c1-3-15-29-20-12-5-17(6-13-20)7-14-22(26)30-16-21(25)24-19-10-8-18(9-11-19)23(27)28-4-2/h3,5-14H,1,4,15-16H2,2H3,(H,24,25)/b14-7+. The van der Waals surface area contributed by atoms with Crippen molar-refractivity contribution >= 4 is 29.6 Å². The van der Waals surface area contributed by atoms with Gasteiger partial charge in [0.2, 0.25) is 0 Å². The van der Waals surface area contributed by atoms with Gasteiger partial charge in [-0.3, -0.25) is 4.79 Å². The van der Waals surface area contributed by atoms with Gasteiger partial charge >= 0.3 is 11.9 Å². The third kappa shape index (κ3) is 7.63. The SMILES string of the molecule is C=CCOc1ccc(/C=C/C(=O)OCC(=O)Nc2ccc(C(=O)OCC)cc2)cc1. The van der Waals surface area contributed by atoms with Crippen LogP contribution in [0.5, 0.6) is 5.75 Å². The second kappa shape index (κ2) is 11.9. The number of nitrogens with one attached hydrogen (secondary N) is 1. The zero-order chi connectivity index (χ0) is 21.8. The second-order valence-corrected chi connectivity index (χ2v) is 5.96. The van der Waals surface area contributed by atoms with Crippen molar-refractivity contribution < 1.29 is 28.6 Å². The number of carbonyl (C=O) groups is 3. The van der Waals surface area contributed by atoms with Gasteiger partial charge in [0, 0.05) is 11.8 Å². The number of rotatable bonds is 10. The quantitative estimate of drug-likeness (QED) is 0.366. The fraction of sp³-hybridized carbons (Fsp3) is 0.174. The summed E-state index contributed by atoms with van der Waals surface area (Å²) < 4.78 is 15.2. The maximum absolute atomic E-state index is 11.9. The van der Waals surface area contributed by atoms with E-state index in [1.807, 2.05) is 0 Å². The van der Waals surface area contributed by atoms with E-state index in [-0.39, 0.29) is 6.61 Å². The normalized spacial score (nSPS) is 10.3. The Morgan fingerprint density at radius 2 is 1.70 bits per heavy atom. The molecule has 0 radical (unpaired) electrons. The molecule has 0 atom stereocenters. The minimum atomic E-state index is -0.644. The summed E-state index contributed by atoms with van der Waals surface area (Å²) in [6.07, 6.45) is 4.46. The lowest BCUT2D eigenvalue weighted by Crippen LogP contribution is -2.20. The summed E-state index contributed by atoms with van der Waals surface area (Å²) in [6, 6.07) is 13.3. The van der Waals surface area contributed by atoms with E-state index < -0.39 is 24.5 Å². The van der Waals surface area contributed by atoms with Gasteiger partial charge in [0.25, 0.3) is 5.91 Å². The van der Waals surface area contributed by atoms with Crippen molar-refractivity contribution in [3.8, 4) is 5.75 Å². The third-order valence-corrected chi connectivity index (χ3v) is 3.69. The highest BCUT2D eigenvalue weighted by molar-refractivity contribution is 5.95. The minimum absolute atomic E-state index is 0.284. The molecule has 156 valence electrons. The Labute approximate surface area is 174 Å². The van der Waals surface area contributed by atoms with Crippen LogP contribution in [0.2, 0.25) is 0 Å². The summed E-state index contributed by atoms with van der Waals surface area (Å²) in [5.74, 6) is -0.879. The first-order valence-corrected chi connectivity index (χ1v) is 9.27. The Bertz CT molecular complexity index is 900. The van der Waals surface area contributed by atoms with Crippen LogP contribution in [-0.4, -0.2) is 37.7 Å². The van der Waals surface area contributed by atoms with Crippen LogP contribution in [0.3, 0.4) is 0 Å². The number of hydrogen-bond acceptors (Lipinski definition) is 6. The van der Waals surface area contributed by atoms with Crippen LogP contribution in [0.15, 0.2) is 67.3 Å². The number of esters is 2. The molecule has 2 aromatic carbocycles. The molecule has 7 heteroatoms. The fourth-order valence-corrected chi connectivity index (χ4v) is 2.28. The predicted molar refractivity (Wildman–Crippen MR) is 113 cm³/mol. The lowest BCUT2D eigenvalue weighted by atomic mass is 10.2. The van der Waals surface area contributed by atoms with Crippen LogP contribution in [0.4, 0.5) is 5.69 Å². The summed E-state index contributed by atoms with van der Waals surface area (Å²) in [7, 11) is 0. The Morgan fingerprint density at radius 1 is 1.00 bits per heavy atom. The topological polar surface area (TPSA) is 90.9 Å². The highest BCUT2D eigenvalue weighted by Crippen LogP contribution is 2.13. The summed E-state index contributed by atoms with van der Waals surface area (Å²) in [6.45, 7) is 5.57.